The molecule has 0 unspecified atom stereocenters. The van der Waals surface area contributed by atoms with Gasteiger partial charge in [-0.3, -0.25) is 9.71 Å². The van der Waals surface area contributed by atoms with Crippen molar-refractivity contribution in [3.05, 3.63) is 48.3 Å². The summed E-state index contributed by atoms with van der Waals surface area (Å²) in [5, 5.41) is 0. The average molecular weight is 323 g/mol. The van der Waals surface area contributed by atoms with E-state index in [1.165, 1.54) is 11.8 Å². The molecule has 0 atom stereocenters. The highest BCUT2D eigenvalue weighted by Crippen LogP contribution is 2.20. The van der Waals surface area contributed by atoms with E-state index in [1.807, 2.05) is 25.1 Å². The number of aryl methyl sites for hydroxylation is 1. The Kier molecular flexibility index (Phi) is 5.08. The normalized spacial score (nSPS) is 11.3. The van der Waals surface area contributed by atoms with Crippen LogP contribution in [0.2, 0.25) is 0 Å². The van der Waals surface area contributed by atoms with Crippen molar-refractivity contribution < 1.29 is 8.42 Å². The maximum atomic E-state index is 12.0. The van der Waals surface area contributed by atoms with Crippen LogP contribution in [0.25, 0.3) is 0 Å². The quantitative estimate of drug-likeness (QED) is 0.630. The lowest BCUT2D eigenvalue weighted by molar-refractivity contribution is 0.602. The van der Waals surface area contributed by atoms with E-state index >= 15 is 0 Å². The monoisotopic (exact) mass is 323 g/mol. The smallest absolute Gasteiger partial charge is 0.233 e. The van der Waals surface area contributed by atoms with Crippen LogP contribution in [-0.4, -0.2) is 24.9 Å². The second-order valence-electron chi connectivity index (χ2n) is 4.53. The molecule has 0 aliphatic carbocycles. The number of thioether (sulfide) groups is 1. The number of nitrogens with one attached hydrogen (secondary N) is 1. The lowest BCUT2D eigenvalue weighted by Gasteiger charge is -2.08. The van der Waals surface area contributed by atoms with Crippen molar-refractivity contribution in [2.24, 2.45) is 0 Å². The fourth-order valence-electron chi connectivity index (χ4n) is 1.71. The molecule has 1 heterocycles. The van der Waals surface area contributed by atoms with Gasteiger partial charge in [-0.2, -0.15) is 0 Å². The number of nitrogens with two attached hydrogens (primary N) is 1. The van der Waals surface area contributed by atoms with Gasteiger partial charge in [-0.05, 0) is 37.3 Å². The molecule has 1 aromatic carbocycles. The number of aromatic nitrogens is 1. The zero-order valence-electron chi connectivity index (χ0n) is 11.6. The van der Waals surface area contributed by atoms with Gasteiger partial charge in [0.15, 0.2) is 0 Å². The van der Waals surface area contributed by atoms with Gasteiger partial charge >= 0.3 is 0 Å². The molecule has 0 radical (unpaired) electrons. The highest BCUT2D eigenvalue weighted by atomic mass is 32.2. The highest BCUT2D eigenvalue weighted by Gasteiger charge is 2.10. The standard InChI is InChI=1S/C14H17N3O2S2/c1-11-9-13(5-6-16-11)17-21(18,19)8-7-20-14-4-2-3-12(15)10-14/h2-6,9-10H,7-8,15H2,1H3,(H,16,17). The molecule has 2 aromatic rings. The molecule has 2 rings (SSSR count). The number of pyridine rings is 1. The number of benzene rings is 1. The lowest BCUT2D eigenvalue weighted by atomic mass is 10.3. The highest BCUT2D eigenvalue weighted by molar-refractivity contribution is 8.01. The van der Waals surface area contributed by atoms with Crippen LogP contribution in [0.5, 0.6) is 0 Å². The average Bonchev–Trinajstić information content (AvgIpc) is 2.38. The molecule has 3 N–H and O–H groups in total. The molecule has 21 heavy (non-hydrogen) atoms. The first-order valence-electron chi connectivity index (χ1n) is 6.36. The number of nitrogens with zero attached hydrogens (tertiary/aromatic N) is 1. The van der Waals surface area contributed by atoms with Crippen molar-refractivity contribution in [2.45, 2.75) is 11.8 Å². The Morgan fingerprint density at radius 1 is 1.29 bits per heavy atom. The fourth-order valence-corrected chi connectivity index (χ4v) is 4.14. The third-order valence-corrected chi connectivity index (χ3v) is 5.19. The van der Waals surface area contributed by atoms with Gasteiger partial charge in [-0.15, -0.1) is 11.8 Å². The Hall–Kier alpha value is -1.73. The van der Waals surface area contributed by atoms with Crippen molar-refractivity contribution >= 4 is 33.2 Å². The first kappa shape index (κ1) is 15.7. The molecular formula is C14H17N3O2S2. The minimum atomic E-state index is -3.36. The van der Waals surface area contributed by atoms with Crippen molar-refractivity contribution in [3.8, 4) is 0 Å². The van der Waals surface area contributed by atoms with Crippen LogP contribution in [0.3, 0.4) is 0 Å². The number of hydrogen-bond acceptors (Lipinski definition) is 5. The topological polar surface area (TPSA) is 85.1 Å². The van der Waals surface area contributed by atoms with Gasteiger partial charge in [0, 0.05) is 28.2 Å². The summed E-state index contributed by atoms with van der Waals surface area (Å²) in [7, 11) is -3.36. The van der Waals surface area contributed by atoms with Crippen LogP contribution in [0.4, 0.5) is 11.4 Å². The second-order valence-corrected chi connectivity index (χ2v) is 7.54. The Labute approximate surface area is 129 Å². The molecule has 0 fully saturated rings. The number of anilines is 2. The van der Waals surface area contributed by atoms with Gasteiger partial charge in [-0.1, -0.05) is 6.07 Å². The van der Waals surface area contributed by atoms with Crippen LogP contribution in [-0.2, 0) is 10.0 Å². The first-order chi connectivity index (χ1) is 9.94. The molecule has 0 saturated heterocycles. The summed E-state index contributed by atoms with van der Waals surface area (Å²) in [5.74, 6) is 0.497. The molecular weight excluding hydrogens is 306 g/mol. The van der Waals surface area contributed by atoms with Crippen LogP contribution in [0, 0.1) is 6.92 Å². The van der Waals surface area contributed by atoms with Crippen molar-refractivity contribution in [3.63, 3.8) is 0 Å². The molecule has 0 aliphatic rings. The summed E-state index contributed by atoms with van der Waals surface area (Å²) in [6, 6.07) is 10.7. The molecule has 5 nitrogen and oxygen atoms in total. The Bertz CT molecular complexity index is 718. The zero-order valence-corrected chi connectivity index (χ0v) is 13.2. The molecule has 0 amide bonds. The van der Waals surface area contributed by atoms with E-state index in [9.17, 15) is 8.42 Å². The third kappa shape index (κ3) is 5.28. The SMILES string of the molecule is Cc1cc(NS(=O)(=O)CCSc2cccc(N)c2)ccn1. The molecule has 7 heteroatoms. The summed E-state index contributed by atoms with van der Waals surface area (Å²) in [6.07, 6.45) is 1.58. The lowest BCUT2D eigenvalue weighted by Crippen LogP contribution is -2.18. The number of nitrogen functional groups attached to an aromatic ring is 1. The number of sulfonamides is 1. The van der Waals surface area contributed by atoms with E-state index in [0.717, 1.165) is 10.6 Å². The minimum Gasteiger partial charge on any atom is -0.399 e. The van der Waals surface area contributed by atoms with Crippen LogP contribution in [0.1, 0.15) is 5.69 Å². The minimum absolute atomic E-state index is 0.0356. The van der Waals surface area contributed by atoms with Crippen molar-refractivity contribution in [2.75, 3.05) is 22.0 Å². The number of rotatable bonds is 6. The molecule has 0 aliphatic heterocycles. The molecule has 1 aromatic heterocycles. The van der Waals surface area contributed by atoms with E-state index in [4.69, 9.17) is 5.73 Å². The second kappa shape index (κ2) is 6.82. The van der Waals surface area contributed by atoms with E-state index < -0.39 is 10.0 Å². The van der Waals surface area contributed by atoms with E-state index in [-0.39, 0.29) is 5.75 Å². The van der Waals surface area contributed by atoms with Gasteiger partial charge in [0.2, 0.25) is 10.0 Å². The Morgan fingerprint density at radius 2 is 2.10 bits per heavy atom. The number of hydrogen-bond donors (Lipinski definition) is 2. The predicted octanol–water partition coefficient (Wildman–Crippen LogP) is 2.51. The maximum absolute atomic E-state index is 12.0. The molecule has 0 bridgehead atoms. The van der Waals surface area contributed by atoms with Gasteiger partial charge in [0.25, 0.3) is 0 Å². The van der Waals surface area contributed by atoms with Gasteiger partial charge in [0.05, 0.1) is 11.4 Å². The van der Waals surface area contributed by atoms with Crippen molar-refractivity contribution in [1.82, 2.24) is 4.98 Å². The Balaban J connectivity index is 1.90. The molecule has 0 spiro atoms. The predicted molar refractivity (Wildman–Crippen MR) is 88.0 cm³/mol. The van der Waals surface area contributed by atoms with Gasteiger partial charge in [-0.25, -0.2) is 8.42 Å². The van der Waals surface area contributed by atoms with Crippen LogP contribution in [0.15, 0.2) is 47.5 Å². The van der Waals surface area contributed by atoms with Crippen LogP contribution >= 0.6 is 11.8 Å². The molecule has 112 valence electrons. The Morgan fingerprint density at radius 3 is 2.81 bits per heavy atom. The summed E-state index contributed by atoms with van der Waals surface area (Å²) >= 11 is 1.46. The van der Waals surface area contributed by atoms with Gasteiger partial charge < -0.3 is 5.73 Å². The molecule has 0 saturated carbocycles. The summed E-state index contributed by atoms with van der Waals surface area (Å²) in [5.41, 5.74) is 7.66. The largest absolute Gasteiger partial charge is 0.399 e. The summed E-state index contributed by atoms with van der Waals surface area (Å²) in [6.45, 7) is 1.81. The third-order valence-electron chi connectivity index (χ3n) is 2.65. The van der Waals surface area contributed by atoms with Gasteiger partial charge in [0.1, 0.15) is 0 Å². The van der Waals surface area contributed by atoms with Crippen LogP contribution < -0.4 is 10.5 Å². The van der Waals surface area contributed by atoms with E-state index in [0.29, 0.717) is 17.1 Å². The maximum Gasteiger partial charge on any atom is 0.233 e. The van der Waals surface area contributed by atoms with Crippen molar-refractivity contribution in [1.29, 1.82) is 0 Å². The fraction of sp³-hybridized carbons (Fsp3) is 0.214. The van der Waals surface area contributed by atoms with E-state index in [1.54, 1.807) is 24.4 Å². The van der Waals surface area contributed by atoms with E-state index in [2.05, 4.69) is 9.71 Å². The summed E-state index contributed by atoms with van der Waals surface area (Å²) < 4.78 is 26.5. The first-order valence-corrected chi connectivity index (χ1v) is 9.00. The zero-order chi connectivity index (χ0) is 15.3. The summed E-state index contributed by atoms with van der Waals surface area (Å²) in [4.78, 5) is 4.99.